The van der Waals surface area contributed by atoms with Crippen LogP contribution in [0.25, 0.3) is 0 Å². The molecule has 0 aromatic heterocycles. The minimum absolute atomic E-state index is 0.230. The van der Waals surface area contributed by atoms with E-state index in [0.29, 0.717) is 28.6 Å². The fourth-order valence-electron chi connectivity index (χ4n) is 2.84. The van der Waals surface area contributed by atoms with Crippen LogP contribution >= 0.6 is 7.60 Å². The molecule has 0 aliphatic rings. The van der Waals surface area contributed by atoms with Crippen molar-refractivity contribution in [3.05, 3.63) is 84.4 Å². The fourth-order valence-corrected chi connectivity index (χ4v) is 4.49. The van der Waals surface area contributed by atoms with E-state index in [1.165, 1.54) is 0 Å². The number of rotatable bonds is 10. The third kappa shape index (κ3) is 5.49. The SMILES string of the molecule is CCOP(=O)(OCC)[C@H](N)c1ccc(Oc2ccccc2)c(Oc2ccccc2)c1. The van der Waals surface area contributed by atoms with Gasteiger partial charge in [0.25, 0.3) is 0 Å². The molecule has 0 fully saturated rings. The molecule has 0 amide bonds. The summed E-state index contributed by atoms with van der Waals surface area (Å²) < 4.78 is 36.0. The van der Waals surface area contributed by atoms with Crippen LogP contribution in [0, 0.1) is 0 Å². The Hall–Kier alpha value is -2.63. The summed E-state index contributed by atoms with van der Waals surface area (Å²) in [4.78, 5) is 0. The Morgan fingerprint density at radius 1 is 0.767 bits per heavy atom. The van der Waals surface area contributed by atoms with Crippen LogP contribution in [-0.2, 0) is 13.6 Å². The largest absolute Gasteiger partial charge is 0.453 e. The number of hydrogen-bond donors (Lipinski definition) is 1. The number of hydrogen-bond acceptors (Lipinski definition) is 6. The first-order chi connectivity index (χ1) is 14.6. The summed E-state index contributed by atoms with van der Waals surface area (Å²) in [7, 11) is -3.53. The fraction of sp³-hybridized carbons (Fsp3) is 0.217. The maximum absolute atomic E-state index is 13.1. The van der Waals surface area contributed by atoms with Crippen molar-refractivity contribution >= 4 is 7.60 Å². The van der Waals surface area contributed by atoms with Crippen LogP contribution in [0.4, 0.5) is 0 Å². The highest BCUT2D eigenvalue weighted by atomic mass is 31.2. The Labute approximate surface area is 177 Å². The Kier molecular flexibility index (Phi) is 7.66. The van der Waals surface area contributed by atoms with Gasteiger partial charge in [-0.05, 0) is 55.8 Å². The zero-order valence-electron chi connectivity index (χ0n) is 17.1. The molecule has 0 saturated heterocycles. The number of nitrogens with two attached hydrogens (primary N) is 1. The summed E-state index contributed by atoms with van der Waals surface area (Å²) in [6.45, 7) is 3.96. The van der Waals surface area contributed by atoms with Gasteiger partial charge in [0, 0.05) is 0 Å². The molecule has 3 aromatic rings. The van der Waals surface area contributed by atoms with E-state index >= 15 is 0 Å². The van der Waals surface area contributed by atoms with Crippen LogP contribution in [0.2, 0.25) is 0 Å². The molecule has 0 saturated carbocycles. The molecule has 30 heavy (non-hydrogen) atoms. The van der Waals surface area contributed by atoms with Crippen molar-refractivity contribution in [2.75, 3.05) is 13.2 Å². The van der Waals surface area contributed by atoms with Gasteiger partial charge in [-0.1, -0.05) is 42.5 Å². The highest BCUT2D eigenvalue weighted by Crippen LogP contribution is 2.58. The summed E-state index contributed by atoms with van der Waals surface area (Å²) in [5.74, 6) is 1.29. The van der Waals surface area contributed by atoms with Gasteiger partial charge in [0.05, 0.1) is 13.2 Å². The first-order valence-corrected chi connectivity index (χ1v) is 11.4. The number of benzene rings is 3. The highest BCUT2D eigenvalue weighted by molar-refractivity contribution is 7.54. The van der Waals surface area contributed by atoms with Crippen molar-refractivity contribution in [2.45, 2.75) is 19.6 Å². The average molecular weight is 427 g/mol. The maximum atomic E-state index is 13.1. The minimum Gasteiger partial charge on any atom is -0.453 e. The quantitative estimate of drug-likeness (QED) is 0.372. The van der Waals surface area contributed by atoms with E-state index in [2.05, 4.69) is 0 Å². The van der Waals surface area contributed by atoms with E-state index in [1.807, 2.05) is 60.7 Å². The molecule has 0 bridgehead atoms. The summed E-state index contributed by atoms with van der Waals surface area (Å²) in [6, 6.07) is 23.9. The molecule has 0 spiro atoms. The molecule has 2 N–H and O–H groups in total. The van der Waals surface area contributed by atoms with E-state index in [1.54, 1.807) is 32.0 Å². The van der Waals surface area contributed by atoms with Crippen LogP contribution in [0.5, 0.6) is 23.0 Å². The van der Waals surface area contributed by atoms with E-state index in [0.717, 1.165) is 0 Å². The Balaban J connectivity index is 1.97. The minimum atomic E-state index is -3.53. The monoisotopic (exact) mass is 427 g/mol. The third-order valence-electron chi connectivity index (χ3n) is 4.21. The molecule has 0 heterocycles. The molecular formula is C23H26NO5P. The zero-order valence-corrected chi connectivity index (χ0v) is 18.0. The summed E-state index contributed by atoms with van der Waals surface area (Å²) >= 11 is 0. The van der Waals surface area contributed by atoms with Crippen molar-refractivity contribution < 1.29 is 23.1 Å². The van der Waals surface area contributed by atoms with Gasteiger partial charge in [0.2, 0.25) is 0 Å². The first-order valence-electron chi connectivity index (χ1n) is 9.80. The topological polar surface area (TPSA) is 80.0 Å². The van der Waals surface area contributed by atoms with Gasteiger partial charge in [0.15, 0.2) is 11.5 Å². The van der Waals surface area contributed by atoms with E-state index in [-0.39, 0.29) is 13.2 Å². The predicted octanol–water partition coefficient (Wildman–Crippen LogP) is 6.49. The second-order valence-electron chi connectivity index (χ2n) is 6.36. The normalized spacial score (nSPS) is 12.4. The summed E-state index contributed by atoms with van der Waals surface area (Å²) in [6.07, 6.45) is 0. The van der Waals surface area contributed by atoms with Gasteiger partial charge in [-0.3, -0.25) is 4.57 Å². The number of para-hydroxylation sites is 2. The van der Waals surface area contributed by atoms with Gasteiger partial charge in [-0.25, -0.2) is 0 Å². The summed E-state index contributed by atoms with van der Waals surface area (Å²) in [5.41, 5.74) is 6.86. The van der Waals surface area contributed by atoms with E-state index in [4.69, 9.17) is 24.3 Å². The second kappa shape index (κ2) is 10.4. The molecule has 0 radical (unpaired) electrons. The van der Waals surface area contributed by atoms with Crippen LogP contribution < -0.4 is 15.2 Å². The lowest BCUT2D eigenvalue weighted by molar-refractivity contribution is 0.212. The Morgan fingerprint density at radius 2 is 1.27 bits per heavy atom. The van der Waals surface area contributed by atoms with E-state index in [9.17, 15) is 4.57 Å². The molecule has 0 aliphatic carbocycles. The molecular weight excluding hydrogens is 401 g/mol. The summed E-state index contributed by atoms with van der Waals surface area (Å²) in [5, 5.41) is 0. The maximum Gasteiger partial charge on any atom is 0.351 e. The smallest absolute Gasteiger partial charge is 0.351 e. The van der Waals surface area contributed by atoms with Crippen LogP contribution in [-0.4, -0.2) is 13.2 Å². The first kappa shape index (κ1) is 22.1. The van der Waals surface area contributed by atoms with Crippen molar-refractivity contribution in [1.82, 2.24) is 0 Å². The molecule has 0 unspecified atom stereocenters. The number of ether oxygens (including phenoxy) is 2. The van der Waals surface area contributed by atoms with Crippen molar-refractivity contribution in [1.29, 1.82) is 0 Å². The molecule has 3 rings (SSSR count). The zero-order chi connectivity index (χ0) is 21.4. The standard InChI is InChI=1S/C23H26NO5P/c1-3-26-30(25,27-4-2)23(24)18-15-16-21(28-19-11-7-5-8-12-19)22(17-18)29-20-13-9-6-10-14-20/h5-17,23H,3-4,24H2,1-2H3/t23-/m0/s1. The Bertz CT molecular complexity index is 971. The van der Waals surface area contributed by atoms with Gasteiger partial charge >= 0.3 is 7.60 Å². The molecule has 3 aromatic carbocycles. The lowest BCUT2D eigenvalue weighted by atomic mass is 10.2. The lowest BCUT2D eigenvalue weighted by Crippen LogP contribution is -2.15. The predicted molar refractivity (Wildman–Crippen MR) is 117 cm³/mol. The Morgan fingerprint density at radius 3 is 1.77 bits per heavy atom. The molecule has 1 atom stereocenters. The van der Waals surface area contributed by atoms with Gasteiger partial charge in [-0.15, -0.1) is 0 Å². The van der Waals surface area contributed by atoms with Gasteiger partial charge < -0.3 is 24.3 Å². The van der Waals surface area contributed by atoms with Gasteiger partial charge in [-0.2, -0.15) is 0 Å². The van der Waals surface area contributed by atoms with Gasteiger partial charge in [0.1, 0.15) is 17.3 Å². The van der Waals surface area contributed by atoms with Crippen molar-refractivity contribution in [3.8, 4) is 23.0 Å². The van der Waals surface area contributed by atoms with Crippen molar-refractivity contribution in [2.24, 2.45) is 5.73 Å². The molecule has 6 nitrogen and oxygen atoms in total. The second-order valence-corrected chi connectivity index (χ2v) is 8.51. The lowest BCUT2D eigenvalue weighted by Gasteiger charge is -2.24. The molecule has 0 aliphatic heterocycles. The van der Waals surface area contributed by atoms with Crippen LogP contribution in [0.1, 0.15) is 25.2 Å². The van der Waals surface area contributed by atoms with Crippen LogP contribution in [0.15, 0.2) is 78.9 Å². The van der Waals surface area contributed by atoms with Crippen molar-refractivity contribution in [3.63, 3.8) is 0 Å². The molecule has 7 heteroatoms. The van der Waals surface area contributed by atoms with E-state index < -0.39 is 13.4 Å². The average Bonchev–Trinajstić information content (AvgIpc) is 2.76. The third-order valence-corrected chi connectivity index (χ3v) is 6.43. The van der Waals surface area contributed by atoms with Crippen LogP contribution in [0.3, 0.4) is 0 Å². The molecule has 158 valence electrons. The highest BCUT2D eigenvalue weighted by Gasteiger charge is 2.34.